The third kappa shape index (κ3) is 5.11. The molecule has 2 aliphatic rings. The molecule has 4 heteroatoms. The number of nitrogens with one attached hydrogen (secondary N) is 1. The SMILES string of the molecule is NCCC1CCCN(CC(=O)NC2CCCCC2)C1. The van der Waals surface area contributed by atoms with Crippen molar-refractivity contribution in [3.05, 3.63) is 0 Å². The topological polar surface area (TPSA) is 58.4 Å². The zero-order valence-corrected chi connectivity index (χ0v) is 12.1. The van der Waals surface area contributed by atoms with Gasteiger partial charge < -0.3 is 11.1 Å². The molecule has 1 atom stereocenters. The average Bonchev–Trinajstić information content (AvgIpc) is 2.40. The lowest BCUT2D eigenvalue weighted by Crippen LogP contribution is -2.45. The summed E-state index contributed by atoms with van der Waals surface area (Å²) in [6, 6.07) is 0.436. The molecule has 110 valence electrons. The van der Waals surface area contributed by atoms with Crippen molar-refractivity contribution in [2.45, 2.75) is 57.4 Å². The predicted octanol–water partition coefficient (Wildman–Crippen LogP) is 1.50. The molecular weight excluding hydrogens is 238 g/mol. The highest BCUT2D eigenvalue weighted by Gasteiger charge is 2.22. The van der Waals surface area contributed by atoms with Gasteiger partial charge in [-0.15, -0.1) is 0 Å². The van der Waals surface area contributed by atoms with Gasteiger partial charge >= 0.3 is 0 Å². The Morgan fingerprint density at radius 1 is 1.16 bits per heavy atom. The van der Waals surface area contributed by atoms with Crippen LogP contribution in [0.1, 0.15) is 51.4 Å². The van der Waals surface area contributed by atoms with Gasteiger partial charge in [-0.25, -0.2) is 0 Å². The number of rotatable bonds is 5. The van der Waals surface area contributed by atoms with Crippen LogP contribution in [-0.4, -0.2) is 43.0 Å². The highest BCUT2D eigenvalue weighted by Crippen LogP contribution is 2.19. The maximum absolute atomic E-state index is 12.1. The van der Waals surface area contributed by atoms with Crippen LogP contribution in [0.25, 0.3) is 0 Å². The first-order valence-corrected chi connectivity index (χ1v) is 7.99. The maximum Gasteiger partial charge on any atom is 0.234 e. The van der Waals surface area contributed by atoms with E-state index >= 15 is 0 Å². The Labute approximate surface area is 117 Å². The summed E-state index contributed by atoms with van der Waals surface area (Å²) in [4.78, 5) is 14.4. The zero-order chi connectivity index (χ0) is 13.5. The van der Waals surface area contributed by atoms with Gasteiger partial charge in [0.2, 0.25) is 5.91 Å². The predicted molar refractivity (Wildman–Crippen MR) is 77.9 cm³/mol. The van der Waals surface area contributed by atoms with Gasteiger partial charge in [-0.1, -0.05) is 19.3 Å². The number of nitrogens with zero attached hydrogens (tertiary/aromatic N) is 1. The largest absolute Gasteiger partial charge is 0.352 e. The first kappa shape index (κ1) is 14.8. The van der Waals surface area contributed by atoms with Gasteiger partial charge in [0.1, 0.15) is 0 Å². The fourth-order valence-electron chi connectivity index (χ4n) is 3.49. The van der Waals surface area contributed by atoms with Crippen LogP contribution < -0.4 is 11.1 Å². The molecule has 0 aromatic carbocycles. The third-order valence-electron chi connectivity index (χ3n) is 4.52. The fraction of sp³-hybridized carbons (Fsp3) is 0.933. The van der Waals surface area contributed by atoms with E-state index in [4.69, 9.17) is 5.73 Å². The minimum atomic E-state index is 0.222. The van der Waals surface area contributed by atoms with Crippen molar-refractivity contribution in [3.63, 3.8) is 0 Å². The Balaban J connectivity index is 1.68. The monoisotopic (exact) mass is 267 g/mol. The minimum absolute atomic E-state index is 0.222. The van der Waals surface area contributed by atoms with Gasteiger partial charge in [0.15, 0.2) is 0 Å². The highest BCUT2D eigenvalue weighted by atomic mass is 16.2. The highest BCUT2D eigenvalue weighted by molar-refractivity contribution is 5.78. The molecule has 1 saturated heterocycles. The summed E-state index contributed by atoms with van der Waals surface area (Å²) in [5.41, 5.74) is 5.63. The summed E-state index contributed by atoms with van der Waals surface area (Å²) in [6.07, 6.45) is 9.79. The summed E-state index contributed by atoms with van der Waals surface area (Å²) in [5, 5.41) is 3.21. The van der Waals surface area contributed by atoms with E-state index in [2.05, 4.69) is 10.2 Å². The van der Waals surface area contributed by atoms with Crippen molar-refractivity contribution in [2.24, 2.45) is 11.7 Å². The summed E-state index contributed by atoms with van der Waals surface area (Å²) >= 11 is 0. The van der Waals surface area contributed by atoms with Gasteiger partial charge in [0, 0.05) is 12.6 Å². The molecule has 2 rings (SSSR count). The second-order valence-electron chi connectivity index (χ2n) is 6.22. The van der Waals surface area contributed by atoms with E-state index in [9.17, 15) is 4.79 Å². The molecule has 0 radical (unpaired) electrons. The smallest absolute Gasteiger partial charge is 0.234 e. The molecule has 0 aromatic rings. The lowest BCUT2D eigenvalue weighted by molar-refractivity contribution is -0.123. The van der Waals surface area contributed by atoms with Crippen LogP contribution in [0, 0.1) is 5.92 Å². The molecule has 1 unspecified atom stereocenters. The quantitative estimate of drug-likeness (QED) is 0.793. The second kappa shape index (κ2) is 7.85. The molecule has 19 heavy (non-hydrogen) atoms. The molecule has 0 spiro atoms. The first-order valence-electron chi connectivity index (χ1n) is 7.99. The summed E-state index contributed by atoms with van der Waals surface area (Å²) in [5.74, 6) is 0.918. The van der Waals surface area contributed by atoms with Gasteiger partial charge in [-0.2, -0.15) is 0 Å². The molecule has 1 aliphatic carbocycles. The van der Waals surface area contributed by atoms with Crippen LogP contribution in [0.4, 0.5) is 0 Å². The van der Waals surface area contributed by atoms with Crippen LogP contribution in [0.15, 0.2) is 0 Å². The first-order chi connectivity index (χ1) is 9.28. The van der Waals surface area contributed by atoms with Crippen molar-refractivity contribution in [3.8, 4) is 0 Å². The Kier molecular flexibility index (Phi) is 6.11. The van der Waals surface area contributed by atoms with Gasteiger partial charge in [0.05, 0.1) is 6.54 Å². The van der Waals surface area contributed by atoms with Crippen LogP contribution >= 0.6 is 0 Å². The van der Waals surface area contributed by atoms with Gasteiger partial charge in [-0.3, -0.25) is 9.69 Å². The molecule has 2 fully saturated rings. The van der Waals surface area contributed by atoms with E-state index in [1.54, 1.807) is 0 Å². The van der Waals surface area contributed by atoms with E-state index in [1.807, 2.05) is 0 Å². The standard InChI is InChI=1S/C15H29N3O/c16-9-8-13-5-4-10-18(11-13)12-15(19)17-14-6-2-1-3-7-14/h13-14H,1-12,16H2,(H,17,19). The molecule has 1 amide bonds. The van der Waals surface area contributed by atoms with Crippen molar-refractivity contribution in [1.29, 1.82) is 0 Å². The van der Waals surface area contributed by atoms with Crippen molar-refractivity contribution < 1.29 is 4.79 Å². The number of nitrogens with two attached hydrogens (primary N) is 1. The molecule has 0 aromatic heterocycles. The van der Waals surface area contributed by atoms with Crippen LogP contribution in [0.5, 0.6) is 0 Å². The van der Waals surface area contributed by atoms with Crippen LogP contribution in [0.3, 0.4) is 0 Å². The lowest BCUT2D eigenvalue weighted by Gasteiger charge is -2.32. The summed E-state index contributed by atoms with van der Waals surface area (Å²) in [6.45, 7) is 3.47. The second-order valence-corrected chi connectivity index (χ2v) is 6.22. The zero-order valence-electron chi connectivity index (χ0n) is 12.1. The molecule has 0 bridgehead atoms. The third-order valence-corrected chi connectivity index (χ3v) is 4.52. The Bertz CT molecular complexity index is 275. The Morgan fingerprint density at radius 3 is 2.68 bits per heavy atom. The fourth-order valence-corrected chi connectivity index (χ4v) is 3.49. The van der Waals surface area contributed by atoms with E-state index in [0.29, 0.717) is 18.5 Å². The molecule has 4 nitrogen and oxygen atoms in total. The number of likely N-dealkylation sites (tertiary alicyclic amines) is 1. The molecule has 1 aliphatic heterocycles. The van der Waals surface area contributed by atoms with E-state index < -0.39 is 0 Å². The number of carbonyl (C=O) groups is 1. The van der Waals surface area contributed by atoms with E-state index in [-0.39, 0.29) is 5.91 Å². The number of hydrogen-bond donors (Lipinski definition) is 2. The summed E-state index contributed by atoms with van der Waals surface area (Å²) in [7, 11) is 0. The van der Waals surface area contributed by atoms with E-state index in [1.165, 1.54) is 44.9 Å². The van der Waals surface area contributed by atoms with E-state index in [0.717, 1.165) is 26.1 Å². The minimum Gasteiger partial charge on any atom is -0.352 e. The summed E-state index contributed by atoms with van der Waals surface area (Å²) < 4.78 is 0. The number of carbonyl (C=O) groups excluding carboxylic acids is 1. The van der Waals surface area contributed by atoms with Crippen molar-refractivity contribution >= 4 is 5.91 Å². The number of hydrogen-bond acceptors (Lipinski definition) is 3. The van der Waals surface area contributed by atoms with Crippen molar-refractivity contribution in [1.82, 2.24) is 10.2 Å². The molecular formula is C15H29N3O. The Morgan fingerprint density at radius 2 is 1.95 bits per heavy atom. The van der Waals surface area contributed by atoms with Crippen molar-refractivity contribution in [2.75, 3.05) is 26.2 Å². The maximum atomic E-state index is 12.1. The molecule has 1 heterocycles. The molecule has 3 N–H and O–H groups in total. The van der Waals surface area contributed by atoms with Gasteiger partial charge in [-0.05, 0) is 51.1 Å². The Hall–Kier alpha value is -0.610. The van der Waals surface area contributed by atoms with Crippen LogP contribution in [0.2, 0.25) is 0 Å². The number of amides is 1. The van der Waals surface area contributed by atoms with Gasteiger partial charge in [0.25, 0.3) is 0 Å². The lowest BCUT2D eigenvalue weighted by atomic mass is 9.94. The molecule has 1 saturated carbocycles. The van der Waals surface area contributed by atoms with Crippen LogP contribution in [-0.2, 0) is 4.79 Å². The average molecular weight is 267 g/mol. The number of piperidine rings is 1. The normalized spacial score (nSPS) is 26.3.